The Balaban J connectivity index is 1.83. The molecule has 0 saturated heterocycles. The molecule has 1 heterocycles. The van der Waals surface area contributed by atoms with Gasteiger partial charge in [-0.25, -0.2) is 21.9 Å². The molecule has 1 aromatic heterocycles. The average Bonchev–Trinajstić information content (AvgIpc) is 3.06. The highest BCUT2D eigenvalue weighted by Crippen LogP contribution is 2.40. The lowest BCUT2D eigenvalue weighted by Gasteiger charge is -2.08. The lowest BCUT2D eigenvalue weighted by Crippen LogP contribution is -2.28. The monoisotopic (exact) mass is 338 g/mol. The molecule has 1 saturated carbocycles. The van der Waals surface area contributed by atoms with Gasteiger partial charge in [-0.05, 0) is 24.6 Å². The number of hydrogen-bond donors (Lipinski definition) is 1. The van der Waals surface area contributed by atoms with Crippen LogP contribution in [0.3, 0.4) is 0 Å². The van der Waals surface area contributed by atoms with E-state index in [-0.39, 0.29) is 11.5 Å². The second kappa shape index (κ2) is 5.40. The topological polar surface area (TPSA) is 87.8 Å². The number of nitriles is 1. The second-order valence-corrected chi connectivity index (χ2v) is 7.02. The summed E-state index contributed by atoms with van der Waals surface area (Å²) in [7, 11) is -2.62. The number of aromatic nitrogens is 2. The average molecular weight is 338 g/mol. The molecule has 0 bridgehead atoms. The molecule has 1 fully saturated rings. The van der Waals surface area contributed by atoms with Gasteiger partial charge in [0.15, 0.2) is 4.90 Å². The van der Waals surface area contributed by atoms with Gasteiger partial charge in [0.2, 0.25) is 10.0 Å². The van der Waals surface area contributed by atoms with E-state index in [4.69, 9.17) is 5.26 Å². The van der Waals surface area contributed by atoms with Crippen molar-refractivity contribution in [3.8, 4) is 6.07 Å². The maximum Gasteiger partial charge on any atom is 0.246 e. The minimum absolute atomic E-state index is 0.115. The van der Waals surface area contributed by atoms with Gasteiger partial charge in [-0.1, -0.05) is 0 Å². The zero-order valence-corrected chi connectivity index (χ0v) is 12.8. The highest BCUT2D eigenvalue weighted by Gasteiger charge is 2.43. The molecule has 2 atom stereocenters. The van der Waals surface area contributed by atoms with Crippen molar-refractivity contribution in [2.24, 2.45) is 7.05 Å². The summed E-state index contributed by atoms with van der Waals surface area (Å²) in [6.07, 6.45) is 2.24. The number of rotatable bonds is 4. The van der Waals surface area contributed by atoms with Crippen LogP contribution in [0, 0.1) is 23.0 Å². The van der Waals surface area contributed by atoms with Gasteiger partial charge in [-0.15, -0.1) is 0 Å². The van der Waals surface area contributed by atoms with Crippen LogP contribution < -0.4 is 4.72 Å². The van der Waals surface area contributed by atoms with E-state index in [1.54, 1.807) is 30.1 Å². The van der Waals surface area contributed by atoms with E-state index < -0.39 is 32.6 Å². The molecule has 120 valence electrons. The van der Waals surface area contributed by atoms with E-state index in [0.717, 1.165) is 5.69 Å². The van der Waals surface area contributed by atoms with Crippen LogP contribution in [0.1, 0.15) is 23.6 Å². The molecule has 0 aliphatic heterocycles. The molecule has 23 heavy (non-hydrogen) atoms. The van der Waals surface area contributed by atoms with Gasteiger partial charge in [-0.3, -0.25) is 4.68 Å². The Hall–Kier alpha value is -2.31. The van der Waals surface area contributed by atoms with E-state index >= 15 is 0 Å². The summed E-state index contributed by atoms with van der Waals surface area (Å²) in [5.74, 6) is -2.69. The van der Waals surface area contributed by atoms with Crippen LogP contribution in [-0.4, -0.2) is 24.2 Å². The van der Waals surface area contributed by atoms with Crippen molar-refractivity contribution >= 4 is 10.0 Å². The maximum atomic E-state index is 13.9. The highest BCUT2D eigenvalue weighted by atomic mass is 32.2. The zero-order chi connectivity index (χ0) is 16.8. The lowest BCUT2D eigenvalue weighted by atomic mass is 10.2. The molecule has 0 spiro atoms. The summed E-state index contributed by atoms with van der Waals surface area (Å²) in [6, 6.07) is 4.27. The summed E-state index contributed by atoms with van der Waals surface area (Å²) < 4.78 is 56.0. The SMILES string of the molecule is Cn1ccc([C@@H]2C[C@H]2NS(=O)(=O)c2c(F)cc(C#N)cc2F)n1. The Morgan fingerprint density at radius 3 is 2.57 bits per heavy atom. The molecule has 1 aromatic carbocycles. The van der Waals surface area contributed by atoms with Gasteiger partial charge in [0, 0.05) is 25.2 Å². The van der Waals surface area contributed by atoms with Crippen LogP contribution in [0.15, 0.2) is 29.3 Å². The molecule has 0 radical (unpaired) electrons. The minimum Gasteiger partial charge on any atom is -0.276 e. The predicted molar refractivity (Wildman–Crippen MR) is 75.7 cm³/mol. The number of halogens is 2. The van der Waals surface area contributed by atoms with E-state index in [1.807, 2.05) is 0 Å². The number of aryl methyl sites for hydroxylation is 1. The van der Waals surface area contributed by atoms with Gasteiger partial charge in [0.05, 0.1) is 17.3 Å². The first-order valence-corrected chi connectivity index (χ1v) is 8.21. The zero-order valence-electron chi connectivity index (χ0n) is 12.0. The molecule has 1 aliphatic carbocycles. The maximum absolute atomic E-state index is 13.9. The lowest BCUT2D eigenvalue weighted by molar-refractivity contribution is 0.513. The number of hydrogen-bond acceptors (Lipinski definition) is 4. The third-order valence-corrected chi connectivity index (χ3v) is 5.15. The fraction of sp³-hybridized carbons (Fsp3) is 0.286. The number of nitrogens with one attached hydrogen (secondary N) is 1. The Bertz CT molecular complexity index is 894. The first-order chi connectivity index (χ1) is 10.8. The third-order valence-electron chi connectivity index (χ3n) is 3.61. The second-order valence-electron chi connectivity index (χ2n) is 5.37. The molecule has 0 amide bonds. The minimum atomic E-state index is -4.36. The van der Waals surface area contributed by atoms with E-state index in [2.05, 4.69) is 9.82 Å². The number of sulfonamides is 1. The van der Waals surface area contributed by atoms with Gasteiger partial charge < -0.3 is 0 Å². The van der Waals surface area contributed by atoms with Crippen LogP contribution in [0.2, 0.25) is 0 Å². The smallest absolute Gasteiger partial charge is 0.246 e. The third kappa shape index (κ3) is 2.95. The Kier molecular flexibility index (Phi) is 3.66. The van der Waals surface area contributed by atoms with Crippen molar-refractivity contribution in [2.75, 3.05) is 0 Å². The van der Waals surface area contributed by atoms with E-state index in [0.29, 0.717) is 18.6 Å². The van der Waals surface area contributed by atoms with Crippen molar-refractivity contribution in [1.29, 1.82) is 5.26 Å². The summed E-state index contributed by atoms with van der Waals surface area (Å²) in [4.78, 5) is -1.07. The Morgan fingerprint density at radius 1 is 1.39 bits per heavy atom. The van der Waals surface area contributed by atoms with Crippen molar-refractivity contribution < 1.29 is 17.2 Å². The van der Waals surface area contributed by atoms with Crippen LogP contribution in [0.25, 0.3) is 0 Å². The van der Waals surface area contributed by atoms with Crippen LogP contribution in [0.4, 0.5) is 8.78 Å². The van der Waals surface area contributed by atoms with E-state index in [1.165, 1.54) is 0 Å². The molecule has 2 aromatic rings. The Morgan fingerprint density at radius 2 is 2.04 bits per heavy atom. The number of benzene rings is 1. The van der Waals surface area contributed by atoms with Gasteiger partial charge >= 0.3 is 0 Å². The fourth-order valence-electron chi connectivity index (χ4n) is 2.42. The van der Waals surface area contributed by atoms with Gasteiger partial charge in [0.1, 0.15) is 11.6 Å². The first kappa shape index (κ1) is 15.6. The highest BCUT2D eigenvalue weighted by molar-refractivity contribution is 7.89. The quantitative estimate of drug-likeness (QED) is 0.913. The summed E-state index contributed by atoms with van der Waals surface area (Å²) >= 11 is 0. The molecule has 1 aliphatic rings. The van der Waals surface area contributed by atoms with Gasteiger partial charge in [0.25, 0.3) is 0 Å². The summed E-state index contributed by atoms with van der Waals surface area (Å²) in [6.45, 7) is 0. The van der Waals surface area contributed by atoms with Gasteiger partial charge in [-0.2, -0.15) is 10.4 Å². The van der Waals surface area contributed by atoms with Crippen LogP contribution in [0.5, 0.6) is 0 Å². The first-order valence-electron chi connectivity index (χ1n) is 6.73. The van der Waals surface area contributed by atoms with Crippen molar-refractivity contribution in [1.82, 2.24) is 14.5 Å². The summed E-state index contributed by atoms with van der Waals surface area (Å²) in [5.41, 5.74) is 0.442. The standard InChI is InChI=1S/C14H12F2N4O2S/c1-20-3-2-12(18-20)9-6-13(9)19-23(21,22)14-10(15)4-8(7-17)5-11(14)16/h2-5,9,13,19H,6H2,1H3/t9-,13+/m0/s1. The fourth-order valence-corrected chi connectivity index (χ4v) is 3.83. The molecule has 9 heteroatoms. The van der Waals surface area contributed by atoms with Crippen molar-refractivity contribution in [3.05, 3.63) is 47.3 Å². The molecule has 1 N–H and O–H groups in total. The largest absolute Gasteiger partial charge is 0.276 e. The van der Waals surface area contributed by atoms with Crippen molar-refractivity contribution in [2.45, 2.75) is 23.3 Å². The summed E-state index contributed by atoms with van der Waals surface area (Å²) in [5, 5.41) is 12.8. The predicted octanol–water partition coefficient (Wildman–Crippen LogP) is 1.40. The molecule has 3 rings (SSSR count). The molecule has 0 unspecified atom stereocenters. The molecular weight excluding hydrogens is 326 g/mol. The van der Waals surface area contributed by atoms with Crippen LogP contribution in [-0.2, 0) is 17.1 Å². The van der Waals surface area contributed by atoms with E-state index in [9.17, 15) is 17.2 Å². The molecular formula is C14H12F2N4O2S. The Labute approximate surface area is 131 Å². The van der Waals surface area contributed by atoms with Crippen LogP contribution >= 0.6 is 0 Å². The number of nitrogens with zero attached hydrogens (tertiary/aromatic N) is 3. The van der Waals surface area contributed by atoms with Crippen molar-refractivity contribution in [3.63, 3.8) is 0 Å². The molecule has 6 nitrogen and oxygen atoms in total. The normalized spacial score (nSPS) is 20.3.